The Kier molecular flexibility index (Phi) is 7.31. The fourth-order valence-electron chi connectivity index (χ4n) is 5.05. The zero-order valence-electron chi connectivity index (χ0n) is 20.8. The monoisotopic (exact) mass is 493 g/mol. The molecule has 0 aromatic heterocycles. The summed E-state index contributed by atoms with van der Waals surface area (Å²) in [5, 5.41) is 0.624. The lowest BCUT2D eigenvalue weighted by molar-refractivity contribution is -0.0586. The molecule has 4 rings (SSSR count). The molecule has 0 unspecified atom stereocenters. The molecule has 9 heteroatoms. The van der Waals surface area contributed by atoms with Crippen LogP contribution in [0.15, 0.2) is 12.1 Å². The van der Waals surface area contributed by atoms with Gasteiger partial charge >= 0.3 is 12.1 Å². The van der Waals surface area contributed by atoms with E-state index in [1.165, 1.54) is 0 Å². The average molecular weight is 494 g/mol. The molecule has 0 spiro atoms. The van der Waals surface area contributed by atoms with Gasteiger partial charge in [0.25, 0.3) is 0 Å². The van der Waals surface area contributed by atoms with E-state index in [2.05, 4.69) is 0 Å². The number of ether oxygens (including phenoxy) is 3. The van der Waals surface area contributed by atoms with Gasteiger partial charge in [-0.25, -0.2) is 9.59 Å². The maximum atomic E-state index is 13.4. The van der Waals surface area contributed by atoms with Crippen LogP contribution in [0.4, 0.5) is 9.59 Å². The van der Waals surface area contributed by atoms with E-state index in [1.54, 1.807) is 4.90 Å². The van der Waals surface area contributed by atoms with E-state index in [9.17, 15) is 9.59 Å². The summed E-state index contributed by atoms with van der Waals surface area (Å²) >= 11 is 6.51. The van der Waals surface area contributed by atoms with Gasteiger partial charge in [-0.1, -0.05) is 11.6 Å². The van der Waals surface area contributed by atoms with Crippen LogP contribution in [-0.4, -0.2) is 84.0 Å². The van der Waals surface area contributed by atoms with E-state index in [-0.39, 0.29) is 30.4 Å². The Morgan fingerprint density at radius 3 is 2.47 bits per heavy atom. The average Bonchev–Trinajstić information content (AvgIpc) is 2.76. The molecule has 3 aliphatic rings. The van der Waals surface area contributed by atoms with Crippen molar-refractivity contribution in [2.75, 3.05) is 39.4 Å². The third-order valence-corrected chi connectivity index (χ3v) is 6.64. The highest BCUT2D eigenvalue weighted by Crippen LogP contribution is 2.35. The molecule has 2 fully saturated rings. The summed E-state index contributed by atoms with van der Waals surface area (Å²) in [5.74, 6) is 0. The number of halogens is 1. The molecule has 1 aromatic carbocycles. The third kappa shape index (κ3) is 5.61. The van der Waals surface area contributed by atoms with E-state index >= 15 is 0 Å². The van der Waals surface area contributed by atoms with Crippen molar-refractivity contribution in [2.45, 2.75) is 71.4 Å². The van der Waals surface area contributed by atoms with Crippen LogP contribution in [0.1, 0.15) is 57.4 Å². The summed E-state index contributed by atoms with van der Waals surface area (Å²) in [5.41, 5.74) is 2.49. The lowest BCUT2D eigenvalue weighted by Crippen LogP contribution is -2.53. The van der Waals surface area contributed by atoms with Crippen molar-refractivity contribution in [3.8, 4) is 0 Å². The molecular weight excluding hydrogens is 458 g/mol. The van der Waals surface area contributed by atoms with Gasteiger partial charge < -0.3 is 24.0 Å². The van der Waals surface area contributed by atoms with Gasteiger partial charge in [-0.05, 0) is 69.9 Å². The van der Waals surface area contributed by atoms with Crippen molar-refractivity contribution in [3.63, 3.8) is 0 Å². The summed E-state index contributed by atoms with van der Waals surface area (Å²) < 4.78 is 17.3. The molecule has 3 amide bonds. The zero-order valence-corrected chi connectivity index (χ0v) is 21.6. The predicted molar refractivity (Wildman–Crippen MR) is 129 cm³/mol. The highest BCUT2D eigenvalue weighted by atomic mass is 35.5. The van der Waals surface area contributed by atoms with Crippen LogP contribution in [0.25, 0.3) is 0 Å². The number of hydrogen-bond acceptors (Lipinski definition) is 5. The molecule has 1 aromatic rings. The Labute approximate surface area is 207 Å². The van der Waals surface area contributed by atoms with Gasteiger partial charge in [0, 0.05) is 37.7 Å². The van der Waals surface area contributed by atoms with Gasteiger partial charge in [0.2, 0.25) is 0 Å². The number of fused-ring (bicyclic) bond motifs is 1. The third-order valence-electron chi connectivity index (χ3n) is 6.42. The first-order chi connectivity index (χ1) is 16.0. The number of nitrogens with zero attached hydrogens (tertiary/aromatic N) is 3. The fraction of sp³-hybridized carbons (Fsp3) is 0.680. The normalized spacial score (nSPS) is 25.7. The fourth-order valence-corrected chi connectivity index (χ4v) is 5.30. The van der Waals surface area contributed by atoms with Crippen molar-refractivity contribution < 1.29 is 23.8 Å². The zero-order chi connectivity index (χ0) is 24.6. The Morgan fingerprint density at radius 1 is 1.09 bits per heavy atom. The van der Waals surface area contributed by atoms with Crippen molar-refractivity contribution in [1.29, 1.82) is 0 Å². The van der Waals surface area contributed by atoms with Gasteiger partial charge in [0.15, 0.2) is 0 Å². The molecule has 0 N–H and O–H groups in total. The minimum absolute atomic E-state index is 0.0147. The van der Waals surface area contributed by atoms with E-state index in [0.29, 0.717) is 57.4 Å². The summed E-state index contributed by atoms with van der Waals surface area (Å²) in [6.45, 7) is 13.1. The first-order valence-electron chi connectivity index (χ1n) is 12.1. The van der Waals surface area contributed by atoms with Crippen LogP contribution in [-0.2, 0) is 27.2 Å². The first kappa shape index (κ1) is 25.1. The highest BCUT2D eigenvalue weighted by molar-refractivity contribution is 6.30. The molecule has 188 valence electrons. The summed E-state index contributed by atoms with van der Waals surface area (Å²) in [4.78, 5) is 31.9. The van der Waals surface area contributed by atoms with E-state index in [4.69, 9.17) is 25.8 Å². The largest absolute Gasteiger partial charge is 0.444 e. The van der Waals surface area contributed by atoms with Gasteiger partial charge in [-0.2, -0.15) is 0 Å². The lowest BCUT2D eigenvalue weighted by Gasteiger charge is -2.41. The number of benzene rings is 1. The molecule has 3 aliphatic heterocycles. The first-order valence-corrected chi connectivity index (χ1v) is 12.5. The molecule has 0 saturated carbocycles. The van der Waals surface area contributed by atoms with Crippen molar-refractivity contribution in [3.05, 3.63) is 33.8 Å². The number of morpholine rings is 2. The summed E-state index contributed by atoms with van der Waals surface area (Å²) in [7, 11) is 0. The molecule has 34 heavy (non-hydrogen) atoms. The van der Waals surface area contributed by atoms with Crippen LogP contribution >= 0.6 is 11.6 Å². The maximum absolute atomic E-state index is 13.4. The Hall–Kier alpha value is -2.03. The molecular formula is C25H36ClN3O5. The molecule has 3 atom stereocenters. The van der Waals surface area contributed by atoms with Gasteiger partial charge in [-0.3, -0.25) is 4.90 Å². The van der Waals surface area contributed by atoms with Crippen LogP contribution in [0, 0.1) is 0 Å². The molecule has 2 saturated heterocycles. The minimum atomic E-state index is -0.594. The molecule has 0 bridgehead atoms. The quantitative estimate of drug-likeness (QED) is 0.585. The van der Waals surface area contributed by atoms with Crippen molar-refractivity contribution >= 4 is 23.7 Å². The van der Waals surface area contributed by atoms with Crippen LogP contribution < -0.4 is 0 Å². The summed E-state index contributed by atoms with van der Waals surface area (Å²) in [6, 6.07) is 3.58. The maximum Gasteiger partial charge on any atom is 0.410 e. The van der Waals surface area contributed by atoms with Crippen LogP contribution in [0.2, 0.25) is 5.02 Å². The SMILES string of the molecule is C[C@@H]1CN(C(=O)N2CCc3cc(Cl)cc([C@@H]4COCCN4C(=O)OC(C)(C)C)c3C2)C[C@@H](C)O1. The lowest BCUT2D eigenvalue weighted by atomic mass is 9.90. The number of rotatable bonds is 1. The second kappa shape index (κ2) is 9.91. The molecule has 0 radical (unpaired) electrons. The molecule has 3 heterocycles. The predicted octanol–water partition coefficient (Wildman–Crippen LogP) is 4.24. The Bertz CT molecular complexity index is 924. The van der Waals surface area contributed by atoms with Crippen LogP contribution in [0.3, 0.4) is 0 Å². The Morgan fingerprint density at radius 2 is 1.79 bits per heavy atom. The second-order valence-electron chi connectivity index (χ2n) is 10.5. The van der Waals surface area contributed by atoms with E-state index in [1.807, 2.05) is 56.6 Å². The van der Waals surface area contributed by atoms with Gasteiger partial charge in [-0.15, -0.1) is 0 Å². The number of amides is 3. The smallest absolute Gasteiger partial charge is 0.410 e. The number of urea groups is 1. The van der Waals surface area contributed by atoms with Crippen molar-refractivity contribution in [1.82, 2.24) is 14.7 Å². The Balaban J connectivity index is 1.60. The second-order valence-corrected chi connectivity index (χ2v) is 11.0. The van der Waals surface area contributed by atoms with Gasteiger partial charge in [0.05, 0.1) is 31.5 Å². The topological polar surface area (TPSA) is 71.6 Å². The minimum Gasteiger partial charge on any atom is -0.444 e. The van der Waals surface area contributed by atoms with Crippen LogP contribution in [0.5, 0.6) is 0 Å². The summed E-state index contributed by atoms with van der Waals surface area (Å²) in [6.07, 6.45) is 0.376. The van der Waals surface area contributed by atoms with E-state index in [0.717, 1.165) is 16.7 Å². The van der Waals surface area contributed by atoms with Gasteiger partial charge in [0.1, 0.15) is 5.60 Å². The standard InChI is InChI=1S/C25H36ClN3O5/c1-16-12-28(13-17(2)33-16)23(30)27-7-6-18-10-19(26)11-20(21(18)14-27)22-15-32-9-8-29(22)24(31)34-25(3,4)5/h10-11,16-17,22H,6-9,12-15H2,1-5H3/t16-,17-,22+/m1/s1. The number of carbonyl (C=O) groups excluding carboxylic acids is 2. The number of carbonyl (C=O) groups is 2. The number of hydrogen-bond donors (Lipinski definition) is 0. The van der Waals surface area contributed by atoms with Crippen molar-refractivity contribution in [2.24, 2.45) is 0 Å². The highest BCUT2D eigenvalue weighted by Gasteiger charge is 2.36. The molecule has 0 aliphatic carbocycles. The molecule has 8 nitrogen and oxygen atoms in total. The van der Waals surface area contributed by atoms with E-state index < -0.39 is 5.60 Å².